The summed E-state index contributed by atoms with van der Waals surface area (Å²) >= 11 is 0. The Bertz CT molecular complexity index is 457. The molecule has 0 saturated heterocycles. The summed E-state index contributed by atoms with van der Waals surface area (Å²) in [5, 5.41) is 9.79. The van der Waals surface area contributed by atoms with Crippen LogP contribution in [0.25, 0.3) is 0 Å². The minimum absolute atomic E-state index is 0. The van der Waals surface area contributed by atoms with Crippen molar-refractivity contribution in [1.29, 1.82) is 0 Å². The monoisotopic (exact) mass is 292 g/mol. The second-order valence-corrected chi connectivity index (χ2v) is 3.91. The molecule has 0 aliphatic carbocycles. The van der Waals surface area contributed by atoms with Crippen molar-refractivity contribution in [2.45, 2.75) is 26.1 Å². The zero-order chi connectivity index (χ0) is 13.9. The minimum atomic E-state index is -2.05. The highest BCUT2D eigenvalue weighted by Crippen LogP contribution is 2.34. The summed E-state index contributed by atoms with van der Waals surface area (Å²) in [5.41, 5.74) is 11.9. The van der Waals surface area contributed by atoms with Crippen LogP contribution in [0.1, 0.15) is 24.1 Å². The average Bonchev–Trinajstić information content (AvgIpc) is 2.33. The molecule has 1 aromatic carbocycles. The van der Waals surface area contributed by atoms with Crippen molar-refractivity contribution >= 4 is 24.1 Å². The fourth-order valence-electron chi connectivity index (χ4n) is 1.66. The number of nitrogen functional groups attached to an aromatic ring is 1. The highest BCUT2D eigenvalue weighted by Gasteiger charge is 2.31. The van der Waals surface area contributed by atoms with Gasteiger partial charge in [-0.3, -0.25) is 0 Å². The van der Waals surface area contributed by atoms with Gasteiger partial charge in [0.25, 0.3) is 0 Å². The topological polar surface area (TPSA) is 98.6 Å². The molecule has 5 nitrogen and oxygen atoms in total. The maximum Gasteiger partial charge on any atom is 0.342 e. The van der Waals surface area contributed by atoms with Crippen LogP contribution in [0.15, 0.2) is 12.1 Å². The van der Waals surface area contributed by atoms with Gasteiger partial charge in [0.05, 0.1) is 18.3 Å². The number of aromatic hydroxyl groups is 1. The lowest BCUT2D eigenvalue weighted by Gasteiger charge is -2.19. The van der Waals surface area contributed by atoms with Crippen LogP contribution in [0, 0.1) is 6.92 Å². The van der Waals surface area contributed by atoms with Gasteiger partial charge in [-0.05, 0) is 25.5 Å². The summed E-state index contributed by atoms with van der Waals surface area (Å²) < 4.78 is 18.4. The molecule has 1 aromatic rings. The van der Waals surface area contributed by atoms with Crippen LogP contribution in [0.5, 0.6) is 5.75 Å². The summed E-state index contributed by atoms with van der Waals surface area (Å²) in [6.45, 7) is 3.28. The van der Waals surface area contributed by atoms with Crippen LogP contribution in [-0.2, 0) is 9.53 Å². The number of carbonyl (C=O) groups excluding carboxylic acids is 1. The number of phenolic OH excluding ortho intramolecular Hbond substituents is 1. The van der Waals surface area contributed by atoms with E-state index in [-0.39, 0.29) is 36.0 Å². The molecule has 2 atom stereocenters. The van der Waals surface area contributed by atoms with E-state index in [1.165, 1.54) is 6.07 Å². The summed E-state index contributed by atoms with van der Waals surface area (Å²) in [7, 11) is 0. The van der Waals surface area contributed by atoms with E-state index in [2.05, 4.69) is 4.74 Å². The van der Waals surface area contributed by atoms with E-state index in [4.69, 9.17) is 11.5 Å². The first-order valence-corrected chi connectivity index (χ1v) is 5.54. The average molecular weight is 293 g/mol. The Hall–Kier alpha value is -1.53. The Morgan fingerprint density at radius 2 is 2.11 bits per heavy atom. The molecule has 5 N–H and O–H groups in total. The summed E-state index contributed by atoms with van der Waals surface area (Å²) in [6.07, 6.45) is -2.05. The number of alkyl halides is 1. The first kappa shape index (κ1) is 17.5. The van der Waals surface area contributed by atoms with Gasteiger partial charge >= 0.3 is 5.97 Å². The minimum Gasteiger partial charge on any atom is -0.505 e. The molecule has 0 spiro atoms. The van der Waals surface area contributed by atoms with E-state index in [0.29, 0.717) is 5.56 Å². The number of anilines is 1. The molecule has 7 heteroatoms. The zero-order valence-corrected chi connectivity index (χ0v) is 11.5. The normalized spacial score (nSPS) is 13.3. The SMILES string of the molecule is CCOC(=O)C(F)[C@H](N)c1c(C)ccc(N)c1O.Cl. The van der Waals surface area contributed by atoms with E-state index >= 15 is 0 Å². The Balaban J connectivity index is 0.00000324. The smallest absolute Gasteiger partial charge is 0.342 e. The molecule has 0 fully saturated rings. The molecule has 0 aromatic heterocycles. The first-order valence-electron chi connectivity index (χ1n) is 5.54. The number of hydrogen-bond donors (Lipinski definition) is 3. The van der Waals surface area contributed by atoms with Crippen molar-refractivity contribution < 1.29 is 19.0 Å². The predicted molar refractivity (Wildman–Crippen MR) is 73.0 cm³/mol. The van der Waals surface area contributed by atoms with E-state index in [0.717, 1.165) is 0 Å². The molecule has 0 amide bonds. The Kier molecular flexibility index (Phi) is 6.58. The molecule has 0 bridgehead atoms. The molecule has 0 heterocycles. The fraction of sp³-hybridized carbons (Fsp3) is 0.417. The molecular formula is C12H18ClFN2O3. The maximum atomic E-state index is 13.8. The molecule has 0 aliphatic rings. The predicted octanol–water partition coefficient (Wildman–Crippen LogP) is 1.61. The Labute approximate surface area is 117 Å². The number of nitrogens with two attached hydrogens (primary N) is 2. The van der Waals surface area contributed by atoms with Crippen LogP contribution >= 0.6 is 12.4 Å². The molecule has 0 saturated carbocycles. The highest BCUT2D eigenvalue weighted by molar-refractivity contribution is 5.85. The van der Waals surface area contributed by atoms with Gasteiger partial charge in [-0.25, -0.2) is 9.18 Å². The number of aryl methyl sites for hydroxylation is 1. The number of hydrogen-bond acceptors (Lipinski definition) is 5. The van der Waals surface area contributed by atoms with Crippen molar-refractivity contribution in [3.8, 4) is 5.75 Å². The van der Waals surface area contributed by atoms with Gasteiger partial charge < -0.3 is 21.3 Å². The van der Waals surface area contributed by atoms with Crippen molar-refractivity contribution in [2.75, 3.05) is 12.3 Å². The Morgan fingerprint density at radius 3 is 2.63 bits per heavy atom. The summed E-state index contributed by atoms with van der Waals surface area (Å²) in [6, 6.07) is 1.77. The largest absolute Gasteiger partial charge is 0.505 e. The van der Waals surface area contributed by atoms with Gasteiger partial charge in [0, 0.05) is 5.56 Å². The number of benzene rings is 1. The van der Waals surface area contributed by atoms with Crippen LogP contribution in [-0.4, -0.2) is 23.9 Å². The van der Waals surface area contributed by atoms with Crippen molar-refractivity contribution in [3.63, 3.8) is 0 Å². The summed E-state index contributed by atoms with van der Waals surface area (Å²) in [5.74, 6) is -1.35. The van der Waals surface area contributed by atoms with Crippen LogP contribution in [0.2, 0.25) is 0 Å². The maximum absolute atomic E-state index is 13.8. The van der Waals surface area contributed by atoms with Crippen molar-refractivity contribution in [3.05, 3.63) is 23.3 Å². The van der Waals surface area contributed by atoms with Gasteiger partial charge in [-0.1, -0.05) is 6.07 Å². The Morgan fingerprint density at radius 1 is 1.53 bits per heavy atom. The molecular weight excluding hydrogens is 275 g/mol. The van der Waals surface area contributed by atoms with Gasteiger partial charge in [0.15, 0.2) is 0 Å². The third-order valence-electron chi connectivity index (χ3n) is 2.63. The van der Waals surface area contributed by atoms with Crippen LogP contribution in [0.4, 0.5) is 10.1 Å². The number of halogens is 2. The van der Waals surface area contributed by atoms with Gasteiger partial charge in [-0.15, -0.1) is 12.4 Å². The molecule has 1 rings (SSSR count). The van der Waals surface area contributed by atoms with E-state index < -0.39 is 18.2 Å². The second kappa shape index (κ2) is 7.16. The molecule has 108 valence electrons. The second-order valence-electron chi connectivity index (χ2n) is 3.91. The lowest BCUT2D eigenvalue weighted by atomic mass is 9.96. The van der Waals surface area contributed by atoms with Crippen LogP contribution in [0.3, 0.4) is 0 Å². The highest BCUT2D eigenvalue weighted by atomic mass is 35.5. The van der Waals surface area contributed by atoms with Crippen molar-refractivity contribution in [2.24, 2.45) is 5.73 Å². The fourth-order valence-corrected chi connectivity index (χ4v) is 1.66. The van der Waals surface area contributed by atoms with Gasteiger partial charge in [0.1, 0.15) is 5.75 Å². The van der Waals surface area contributed by atoms with E-state index in [1.807, 2.05) is 0 Å². The lowest BCUT2D eigenvalue weighted by molar-refractivity contribution is -0.149. The van der Waals surface area contributed by atoms with Gasteiger partial charge in [-0.2, -0.15) is 0 Å². The molecule has 0 aliphatic heterocycles. The molecule has 0 radical (unpaired) electrons. The van der Waals surface area contributed by atoms with Gasteiger partial charge in [0.2, 0.25) is 6.17 Å². The lowest BCUT2D eigenvalue weighted by Crippen LogP contribution is -2.32. The quantitative estimate of drug-likeness (QED) is 0.445. The van der Waals surface area contributed by atoms with Crippen LogP contribution < -0.4 is 11.5 Å². The molecule has 19 heavy (non-hydrogen) atoms. The third kappa shape index (κ3) is 3.71. The third-order valence-corrected chi connectivity index (χ3v) is 2.63. The number of phenols is 1. The summed E-state index contributed by atoms with van der Waals surface area (Å²) in [4.78, 5) is 11.3. The van der Waals surface area contributed by atoms with E-state index in [1.54, 1.807) is 19.9 Å². The number of ether oxygens (including phenoxy) is 1. The molecule has 1 unspecified atom stereocenters. The standard InChI is InChI=1S/C12H17FN2O3.ClH/c1-3-18-12(17)9(13)10(15)8-6(2)4-5-7(14)11(8)16;/h4-5,9-10,16H,3,14-15H2,1-2H3;1H/t9?,10-;/m1./s1. The van der Waals surface area contributed by atoms with Crippen molar-refractivity contribution in [1.82, 2.24) is 0 Å². The number of rotatable bonds is 4. The number of carbonyl (C=O) groups is 1. The first-order chi connectivity index (χ1) is 8.40. The zero-order valence-electron chi connectivity index (χ0n) is 10.7. The van der Waals surface area contributed by atoms with E-state index in [9.17, 15) is 14.3 Å². The number of esters is 1.